The Morgan fingerprint density at radius 1 is 1.07 bits per heavy atom. The van der Waals surface area contributed by atoms with E-state index in [2.05, 4.69) is 30.5 Å². The lowest BCUT2D eigenvalue weighted by Gasteiger charge is -2.17. The number of hydrogen-bond acceptors (Lipinski definition) is 5. The van der Waals surface area contributed by atoms with Crippen LogP contribution in [-0.4, -0.2) is 39.7 Å². The van der Waals surface area contributed by atoms with Crippen LogP contribution >= 0.6 is 23.2 Å². The molecule has 1 fully saturated rings. The van der Waals surface area contributed by atoms with Crippen molar-refractivity contribution in [2.75, 3.05) is 0 Å². The number of aromatic amines is 2. The van der Waals surface area contributed by atoms with Crippen molar-refractivity contribution in [3.05, 3.63) is 98.4 Å². The summed E-state index contributed by atoms with van der Waals surface area (Å²) in [5, 5.41) is 16.9. The van der Waals surface area contributed by atoms with Crippen molar-refractivity contribution in [3.63, 3.8) is 0 Å². The number of aromatic nitrogens is 8. The van der Waals surface area contributed by atoms with Crippen LogP contribution < -0.4 is 5.56 Å². The number of rotatable bonds is 4. The molecule has 0 saturated heterocycles. The zero-order chi connectivity index (χ0) is 27.3. The fourth-order valence-corrected chi connectivity index (χ4v) is 6.35. The minimum atomic E-state index is -0.535. The Labute approximate surface area is 235 Å². The van der Waals surface area contributed by atoms with Crippen molar-refractivity contribution in [2.45, 2.75) is 25.3 Å². The molecule has 2 aromatic carbocycles. The Morgan fingerprint density at radius 3 is 2.77 bits per heavy atom. The summed E-state index contributed by atoms with van der Waals surface area (Å²) in [7, 11) is 0. The molecular weight excluding hydrogens is 554 g/mol. The number of fused-ring (bicyclic) bond motifs is 4. The van der Waals surface area contributed by atoms with Crippen LogP contribution in [0.5, 0.6) is 0 Å². The predicted molar refractivity (Wildman–Crippen MR) is 148 cm³/mol. The highest BCUT2D eigenvalue weighted by atomic mass is 35.5. The van der Waals surface area contributed by atoms with Gasteiger partial charge >= 0.3 is 0 Å². The first-order valence-electron chi connectivity index (χ1n) is 12.7. The zero-order valence-corrected chi connectivity index (χ0v) is 22.4. The molecule has 12 heteroatoms. The second-order valence-electron chi connectivity index (χ2n) is 10.3. The summed E-state index contributed by atoms with van der Waals surface area (Å²) in [6, 6.07) is 14.1. The lowest BCUT2D eigenvalue weighted by molar-refractivity contribution is 0.504. The number of H-pyrrole nitrogens is 2. The third kappa shape index (κ3) is 3.49. The predicted octanol–water partition coefficient (Wildman–Crippen LogP) is 5.82. The van der Waals surface area contributed by atoms with Gasteiger partial charge in [-0.25, -0.2) is 9.67 Å². The van der Waals surface area contributed by atoms with Gasteiger partial charge in [-0.1, -0.05) is 40.5 Å². The highest BCUT2D eigenvalue weighted by Crippen LogP contribution is 2.60. The van der Waals surface area contributed by atoms with Gasteiger partial charge < -0.3 is 9.55 Å². The maximum absolute atomic E-state index is 15.2. The van der Waals surface area contributed by atoms with Gasteiger partial charge in [0.1, 0.15) is 11.5 Å². The van der Waals surface area contributed by atoms with E-state index in [-0.39, 0.29) is 34.3 Å². The standard InChI is InChI=1S/C28H19Cl2FN8O/c1-12-16-4-2-13(6-20(16)35-34-12)25-27(31)33-28(32-25)26-19-10-18(19)22-7-14(8-24(40)39(22)26)17-9-15(29)3-5-21(17)38-11-23(30)36-37-38/h2-9,11,18-19,26H,10H2,1H3,(H,32,33)(H,34,35). The summed E-state index contributed by atoms with van der Waals surface area (Å²) in [4.78, 5) is 21.1. The minimum absolute atomic E-state index is 0.158. The third-order valence-electron chi connectivity index (χ3n) is 7.96. The third-order valence-corrected chi connectivity index (χ3v) is 8.37. The van der Waals surface area contributed by atoms with Gasteiger partial charge in [0.05, 0.1) is 23.4 Å². The van der Waals surface area contributed by atoms with Gasteiger partial charge in [0.25, 0.3) is 5.56 Å². The van der Waals surface area contributed by atoms with Crippen LogP contribution in [0.1, 0.15) is 35.6 Å². The van der Waals surface area contributed by atoms with Gasteiger partial charge in [-0.2, -0.15) is 9.49 Å². The van der Waals surface area contributed by atoms with Crippen LogP contribution in [0.25, 0.3) is 39.0 Å². The first kappa shape index (κ1) is 23.6. The van der Waals surface area contributed by atoms with Crippen molar-refractivity contribution in [1.29, 1.82) is 0 Å². The van der Waals surface area contributed by atoms with Gasteiger partial charge in [-0.05, 0) is 55.2 Å². The second kappa shape index (κ2) is 8.36. The van der Waals surface area contributed by atoms with Crippen LogP contribution in [0.15, 0.2) is 59.5 Å². The average molecular weight is 573 g/mol. The number of imidazole rings is 1. The Hall–Kier alpha value is -4.28. The van der Waals surface area contributed by atoms with E-state index in [1.54, 1.807) is 33.6 Å². The van der Waals surface area contributed by atoms with E-state index < -0.39 is 5.95 Å². The molecule has 0 amide bonds. The van der Waals surface area contributed by atoms with E-state index in [4.69, 9.17) is 23.2 Å². The number of nitrogens with zero attached hydrogens (tertiary/aromatic N) is 6. The van der Waals surface area contributed by atoms with Crippen molar-refractivity contribution >= 4 is 34.1 Å². The zero-order valence-electron chi connectivity index (χ0n) is 20.9. The molecule has 2 aliphatic rings. The van der Waals surface area contributed by atoms with Crippen LogP contribution in [0, 0.1) is 18.8 Å². The smallest absolute Gasteiger partial charge is 0.252 e. The topological polar surface area (TPSA) is 110 Å². The maximum Gasteiger partial charge on any atom is 0.252 e. The van der Waals surface area contributed by atoms with Crippen molar-refractivity contribution in [2.24, 2.45) is 5.92 Å². The Bertz CT molecular complexity index is 2060. The first-order chi connectivity index (χ1) is 19.4. The van der Waals surface area contributed by atoms with Crippen LogP contribution in [0.3, 0.4) is 0 Å². The molecule has 5 heterocycles. The van der Waals surface area contributed by atoms with Crippen molar-refractivity contribution in [3.8, 4) is 28.1 Å². The lowest BCUT2D eigenvalue weighted by atomic mass is 10.0. The van der Waals surface area contributed by atoms with Gasteiger partial charge in [0.2, 0.25) is 5.95 Å². The van der Waals surface area contributed by atoms with Gasteiger partial charge in [-0.3, -0.25) is 9.89 Å². The van der Waals surface area contributed by atoms with Crippen LogP contribution in [-0.2, 0) is 0 Å². The molecule has 3 atom stereocenters. The summed E-state index contributed by atoms with van der Waals surface area (Å²) >= 11 is 12.4. The number of pyridine rings is 1. The normalized spacial score (nSPS) is 19.2. The number of halogens is 3. The number of benzene rings is 2. The number of aryl methyl sites for hydroxylation is 1. The molecule has 4 aromatic heterocycles. The molecule has 1 saturated carbocycles. The Balaban J connectivity index is 1.21. The fourth-order valence-electron chi connectivity index (χ4n) is 6.05. The summed E-state index contributed by atoms with van der Waals surface area (Å²) < 4.78 is 18.5. The molecular formula is C28H19Cl2FN8O. The first-order valence-corrected chi connectivity index (χ1v) is 13.5. The van der Waals surface area contributed by atoms with E-state index in [9.17, 15) is 4.79 Å². The molecule has 1 aliphatic carbocycles. The molecule has 0 spiro atoms. The largest absolute Gasteiger partial charge is 0.317 e. The summed E-state index contributed by atoms with van der Waals surface area (Å²) in [5.41, 5.74) is 5.34. The molecule has 198 valence electrons. The highest BCUT2D eigenvalue weighted by molar-refractivity contribution is 6.31. The molecule has 9 nitrogen and oxygen atoms in total. The van der Waals surface area contributed by atoms with Crippen molar-refractivity contribution in [1.82, 2.24) is 39.7 Å². The van der Waals surface area contributed by atoms with E-state index in [0.717, 1.165) is 34.3 Å². The molecule has 6 aromatic rings. The quantitative estimate of drug-likeness (QED) is 0.276. The molecule has 2 N–H and O–H groups in total. The van der Waals surface area contributed by atoms with Crippen LogP contribution in [0.2, 0.25) is 10.2 Å². The molecule has 0 radical (unpaired) electrons. The van der Waals surface area contributed by atoms with Gasteiger partial charge in [0, 0.05) is 44.9 Å². The SMILES string of the molecule is Cc1[nH]nc2cc(-c3nc(C4C5CC5c5cc(-c6cc(Cl)ccc6-n6cc(Cl)nn6)cc(=O)n54)[nH]c3F)ccc12. The second-order valence-corrected chi connectivity index (χ2v) is 11.2. The maximum atomic E-state index is 15.2. The summed E-state index contributed by atoms with van der Waals surface area (Å²) in [5.74, 6) is 0.242. The monoisotopic (exact) mass is 572 g/mol. The molecule has 40 heavy (non-hydrogen) atoms. The lowest BCUT2D eigenvalue weighted by Crippen LogP contribution is -2.26. The number of hydrogen-bond donors (Lipinski definition) is 2. The fraction of sp³-hybridized carbons (Fsp3) is 0.179. The van der Waals surface area contributed by atoms with Crippen molar-refractivity contribution < 1.29 is 4.39 Å². The van der Waals surface area contributed by atoms with E-state index >= 15 is 4.39 Å². The molecule has 1 aliphatic heterocycles. The highest BCUT2D eigenvalue weighted by Gasteiger charge is 2.54. The molecule has 0 bridgehead atoms. The van der Waals surface area contributed by atoms with E-state index in [1.165, 1.54) is 0 Å². The Kier molecular flexibility index (Phi) is 4.93. The average Bonchev–Trinajstić information content (AvgIpc) is 3.21. The van der Waals surface area contributed by atoms with Gasteiger partial charge in [0.15, 0.2) is 5.15 Å². The van der Waals surface area contributed by atoms with E-state index in [0.29, 0.717) is 27.7 Å². The summed E-state index contributed by atoms with van der Waals surface area (Å²) in [6.07, 6.45) is 2.49. The van der Waals surface area contributed by atoms with E-state index in [1.807, 2.05) is 37.3 Å². The van der Waals surface area contributed by atoms with Gasteiger partial charge in [-0.15, -0.1) is 5.10 Å². The van der Waals surface area contributed by atoms with Crippen LogP contribution in [0.4, 0.5) is 4.39 Å². The number of nitrogens with one attached hydrogen (secondary N) is 2. The Morgan fingerprint density at radius 2 is 1.95 bits per heavy atom. The summed E-state index contributed by atoms with van der Waals surface area (Å²) in [6.45, 7) is 1.94. The molecule has 8 rings (SSSR count). The molecule has 3 unspecified atom stereocenters. The minimum Gasteiger partial charge on any atom is -0.317 e.